The first-order valence-electron chi connectivity index (χ1n) is 6.61. The lowest BCUT2D eigenvalue weighted by Crippen LogP contribution is -2.31. The van der Waals surface area contributed by atoms with Gasteiger partial charge in [0.15, 0.2) is 0 Å². The van der Waals surface area contributed by atoms with Crippen molar-refractivity contribution in [1.82, 2.24) is 15.6 Å². The smallest absolute Gasteiger partial charge is 0.222 e. The van der Waals surface area contributed by atoms with E-state index < -0.39 is 0 Å². The van der Waals surface area contributed by atoms with Crippen LogP contribution in [0.4, 0.5) is 0 Å². The van der Waals surface area contributed by atoms with E-state index in [1.807, 2.05) is 32.2 Å². The molecule has 0 saturated carbocycles. The minimum Gasteiger partial charge on any atom is -0.356 e. The second-order valence-electron chi connectivity index (χ2n) is 4.49. The Labute approximate surface area is 109 Å². The van der Waals surface area contributed by atoms with Gasteiger partial charge in [0.25, 0.3) is 0 Å². The van der Waals surface area contributed by atoms with Crippen molar-refractivity contribution in [2.24, 2.45) is 5.92 Å². The fourth-order valence-electron chi connectivity index (χ4n) is 1.52. The molecule has 0 saturated heterocycles. The average molecular weight is 249 g/mol. The molecule has 18 heavy (non-hydrogen) atoms. The second kappa shape index (κ2) is 8.64. The summed E-state index contributed by atoms with van der Waals surface area (Å²) in [5.41, 5.74) is 1.18. The van der Waals surface area contributed by atoms with Gasteiger partial charge in [0, 0.05) is 31.4 Å². The largest absolute Gasteiger partial charge is 0.356 e. The van der Waals surface area contributed by atoms with Crippen molar-refractivity contribution in [2.45, 2.75) is 33.2 Å². The molecule has 1 atom stereocenters. The zero-order chi connectivity index (χ0) is 13.2. The maximum Gasteiger partial charge on any atom is 0.222 e. The normalized spacial score (nSPS) is 12.1. The van der Waals surface area contributed by atoms with Crippen molar-refractivity contribution in [3.63, 3.8) is 0 Å². The number of hydrogen-bond acceptors (Lipinski definition) is 3. The Morgan fingerprint density at radius 3 is 2.94 bits per heavy atom. The molecule has 0 radical (unpaired) electrons. The van der Waals surface area contributed by atoms with Crippen molar-refractivity contribution >= 4 is 5.91 Å². The van der Waals surface area contributed by atoms with Crippen LogP contribution in [0.25, 0.3) is 0 Å². The molecule has 0 aliphatic carbocycles. The average Bonchev–Trinajstić information content (AvgIpc) is 2.42. The van der Waals surface area contributed by atoms with Crippen molar-refractivity contribution < 1.29 is 4.79 Å². The van der Waals surface area contributed by atoms with Crippen LogP contribution in [0, 0.1) is 5.92 Å². The molecule has 1 unspecified atom stereocenters. The van der Waals surface area contributed by atoms with Crippen LogP contribution in [0.3, 0.4) is 0 Å². The molecule has 0 bridgehead atoms. The number of carbonyl (C=O) groups excluding carboxylic acids is 1. The summed E-state index contributed by atoms with van der Waals surface area (Å²) in [6.45, 7) is 6.45. The Hall–Kier alpha value is -1.42. The first-order chi connectivity index (χ1) is 8.74. The Kier molecular flexibility index (Phi) is 7.03. The summed E-state index contributed by atoms with van der Waals surface area (Å²) in [4.78, 5) is 15.5. The summed E-state index contributed by atoms with van der Waals surface area (Å²) in [6.07, 6.45) is 5.47. The van der Waals surface area contributed by atoms with Gasteiger partial charge in [-0.05, 0) is 31.0 Å². The predicted molar refractivity (Wildman–Crippen MR) is 73.0 cm³/mol. The second-order valence-corrected chi connectivity index (χ2v) is 4.49. The Bertz CT molecular complexity index is 340. The fraction of sp³-hybridized carbons (Fsp3) is 0.571. The highest BCUT2D eigenvalue weighted by atomic mass is 16.1. The van der Waals surface area contributed by atoms with Gasteiger partial charge >= 0.3 is 0 Å². The van der Waals surface area contributed by atoms with E-state index in [9.17, 15) is 4.79 Å². The highest BCUT2D eigenvalue weighted by Gasteiger charge is 2.08. The summed E-state index contributed by atoms with van der Waals surface area (Å²) >= 11 is 0. The third-order valence-corrected chi connectivity index (χ3v) is 2.94. The molecule has 1 aromatic rings. The van der Waals surface area contributed by atoms with Gasteiger partial charge in [-0.2, -0.15) is 0 Å². The van der Waals surface area contributed by atoms with E-state index in [-0.39, 0.29) is 11.8 Å². The van der Waals surface area contributed by atoms with E-state index >= 15 is 0 Å². The van der Waals surface area contributed by atoms with Crippen LogP contribution < -0.4 is 10.6 Å². The topological polar surface area (TPSA) is 54.0 Å². The molecule has 1 amide bonds. The number of rotatable bonds is 8. The fourth-order valence-corrected chi connectivity index (χ4v) is 1.52. The molecular formula is C14H23N3O. The Balaban J connectivity index is 2.01. The summed E-state index contributed by atoms with van der Waals surface area (Å²) in [6, 6.07) is 3.98. The predicted octanol–water partition coefficient (Wildman–Crippen LogP) is 1.72. The van der Waals surface area contributed by atoms with Crippen LogP contribution in [-0.4, -0.2) is 24.0 Å². The highest BCUT2D eigenvalue weighted by molar-refractivity contribution is 5.78. The minimum absolute atomic E-state index is 0.119. The molecule has 1 rings (SSSR count). The summed E-state index contributed by atoms with van der Waals surface area (Å²) < 4.78 is 0. The van der Waals surface area contributed by atoms with Gasteiger partial charge in [0.05, 0.1) is 0 Å². The third kappa shape index (κ3) is 5.77. The van der Waals surface area contributed by atoms with Crippen molar-refractivity contribution in [1.29, 1.82) is 0 Å². The number of amides is 1. The van der Waals surface area contributed by atoms with Gasteiger partial charge in [-0.25, -0.2) is 0 Å². The van der Waals surface area contributed by atoms with E-state index in [1.165, 1.54) is 5.56 Å². The van der Waals surface area contributed by atoms with Gasteiger partial charge in [-0.3, -0.25) is 9.78 Å². The molecule has 4 heteroatoms. The summed E-state index contributed by atoms with van der Waals surface area (Å²) in [7, 11) is 0. The van der Waals surface area contributed by atoms with Crippen LogP contribution in [0.1, 0.15) is 32.3 Å². The minimum atomic E-state index is 0.119. The van der Waals surface area contributed by atoms with Gasteiger partial charge in [0.1, 0.15) is 0 Å². The van der Waals surface area contributed by atoms with Crippen molar-refractivity contribution in [2.75, 3.05) is 13.1 Å². The van der Waals surface area contributed by atoms with E-state index in [4.69, 9.17) is 0 Å². The molecule has 2 N–H and O–H groups in total. The van der Waals surface area contributed by atoms with Crippen molar-refractivity contribution in [3.8, 4) is 0 Å². The lowest BCUT2D eigenvalue weighted by atomic mass is 10.1. The third-order valence-electron chi connectivity index (χ3n) is 2.94. The van der Waals surface area contributed by atoms with Crippen molar-refractivity contribution in [3.05, 3.63) is 30.1 Å². The monoisotopic (exact) mass is 249 g/mol. The van der Waals surface area contributed by atoms with Crippen LogP contribution in [0.2, 0.25) is 0 Å². The lowest BCUT2D eigenvalue weighted by Gasteiger charge is -2.10. The standard InChI is InChI=1S/C14H23N3O/c1-3-12(2)14(18)17-9-5-8-16-11-13-6-4-7-15-10-13/h4,6-7,10,12,16H,3,5,8-9,11H2,1-2H3,(H,17,18). The van der Waals surface area contributed by atoms with Gasteiger partial charge < -0.3 is 10.6 Å². The van der Waals surface area contributed by atoms with Crippen LogP contribution in [0.5, 0.6) is 0 Å². The van der Waals surface area contributed by atoms with Gasteiger partial charge in [-0.1, -0.05) is 19.9 Å². The number of hydrogen-bond donors (Lipinski definition) is 2. The molecule has 0 aromatic carbocycles. The molecule has 0 aliphatic heterocycles. The maximum atomic E-state index is 11.5. The molecule has 0 aliphatic rings. The number of nitrogens with zero attached hydrogens (tertiary/aromatic N) is 1. The zero-order valence-corrected chi connectivity index (χ0v) is 11.3. The maximum absolute atomic E-state index is 11.5. The summed E-state index contributed by atoms with van der Waals surface area (Å²) in [5.74, 6) is 0.276. The molecule has 100 valence electrons. The number of aromatic nitrogens is 1. The van der Waals surface area contributed by atoms with Crippen LogP contribution in [0.15, 0.2) is 24.5 Å². The first kappa shape index (κ1) is 14.6. The molecule has 1 aromatic heterocycles. The Morgan fingerprint density at radius 2 is 2.28 bits per heavy atom. The van der Waals surface area contributed by atoms with E-state index in [0.717, 1.165) is 32.5 Å². The molecule has 0 fully saturated rings. The van der Waals surface area contributed by atoms with E-state index in [0.29, 0.717) is 0 Å². The van der Waals surface area contributed by atoms with Gasteiger partial charge in [-0.15, -0.1) is 0 Å². The highest BCUT2D eigenvalue weighted by Crippen LogP contribution is 1.99. The Morgan fingerprint density at radius 1 is 1.44 bits per heavy atom. The van der Waals surface area contributed by atoms with Crippen LogP contribution >= 0.6 is 0 Å². The number of nitrogens with one attached hydrogen (secondary N) is 2. The molecule has 1 heterocycles. The molecule has 0 spiro atoms. The SMILES string of the molecule is CCC(C)C(=O)NCCCNCc1cccnc1. The zero-order valence-electron chi connectivity index (χ0n) is 11.3. The lowest BCUT2D eigenvalue weighted by molar-refractivity contribution is -0.124. The number of carbonyl (C=O) groups is 1. The molecular weight excluding hydrogens is 226 g/mol. The number of pyridine rings is 1. The van der Waals surface area contributed by atoms with Crippen LogP contribution in [-0.2, 0) is 11.3 Å². The first-order valence-corrected chi connectivity index (χ1v) is 6.61. The molecule has 4 nitrogen and oxygen atoms in total. The van der Waals surface area contributed by atoms with E-state index in [1.54, 1.807) is 6.20 Å². The van der Waals surface area contributed by atoms with E-state index in [2.05, 4.69) is 15.6 Å². The van der Waals surface area contributed by atoms with Gasteiger partial charge in [0.2, 0.25) is 5.91 Å². The quantitative estimate of drug-likeness (QED) is 0.690. The summed E-state index contributed by atoms with van der Waals surface area (Å²) in [5, 5.41) is 6.27.